The topological polar surface area (TPSA) is 40.5 Å². The van der Waals surface area contributed by atoms with Gasteiger partial charge in [-0.2, -0.15) is 0 Å². The Bertz CT molecular complexity index is 992. The zero-order valence-corrected chi connectivity index (χ0v) is 19.1. The van der Waals surface area contributed by atoms with Gasteiger partial charge in [0.2, 0.25) is 0 Å². The predicted molar refractivity (Wildman–Crippen MR) is 126 cm³/mol. The maximum Gasteiger partial charge on any atom is 0.101 e. The van der Waals surface area contributed by atoms with Gasteiger partial charge in [0.15, 0.2) is 0 Å². The van der Waals surface area contributed by atoms with E-state index in [1.807, 2.05) is 60.7 Å². The van der Waals surface area contributed by atoms with Gasteiger partial charge in [-0.15, -0.1) is 0 Å². The minimum atomic E-state index is -1.94. The molecule has 0 radical (unpaired) electrons. The van der Waals surface area contributed by atoms with E-state index < -0.39 is 20.3 Å². The van der Waals surface area contributed by atoms with E-state index in [-0.39, 0.29) is 5.04 Å². The molecule has 3 aromatic carbocycles. The van der Waals surface area contributed by atoms with E-state index in [9.17, 15) is 10.2 Å². The van der Waals surface area contributed by atoms with Crippen LogP contribution in [0.2, 0.25) is 19.6 Å². The molecule has 3 heteroatoms. The molecule has 2 atom stereocenters. The van der Waals surface area contributed by atoms with Crippen LogP contribution in [0, 0.1) is 6.92 Å². The first-order chi connectivity index (χ1) is 14.3. The molecule has 0 fully saturated rings. The van der Waals surface area contributed by atoms with Gasteiger partial charge in [-0.3, -0.25) is 0 Å². The number of hydrogen-bond donors (Lipinski definition) is 2. The standard InChI is InChI=1S/C27H30O2Si/c1-19-15-17-22(18-16-19)27(30(2,3)4)23(25(28)20-11-7-5-8-12-20)24(27)26(29)21-13-9-6-10-14-21/h5-18,25-26,28-29H,1-4H3. The van der Waals surface area contributed by atoms with Crippen molar-refractivity contribution in [2.45, 2.75) is 43.8 Å². The summed E-state index contributed by atoms with van der Waals surface area (Å²) >= 11 is 0. The summed E-state index contributed by atoms with van der Waals surface area (Å²) in [6, 6.07) is 28.2. The van der Waals surface area contributed by atoms with Crippen molar-refractivity contribution in [1.82, 2.24) is 0 Å². The van der Waals surface area contributed by atoms with E-state index in [4.69, 9.17) is 0 Å². The minimum Gasteiger partial charge on any atom is -0.384 e. The fourth-order valence-electron chi connectivity index (χ4n) is 4.99. The lowest BCUT2D eigenvalue weighted by molar-refractivity contribution is 0.212. The quantitative estimate of drug-likeness (QED) is 0.390. The Morgan fingerprint density at radius 1 is 0.633 bits per heavy atom. The highest BCUT2D eigenvalue weighted by Gasteiger charge is 2.65. The zero-order chi connectivity index (χ0) is 21.5. The number of aliphatic hydroxyl groups excluding tert-OH is 2. The van der Waals surface area contributed by atoms with Crippen molar-refractivity contribution in [3.63, 3.8) is 0 Å². The van der Waals surface area contributed by atoms with Crippen LogP contribution in [0.5, 0.6) is 0 Å². The van der Waals surface area contributed by atoms with E-state index >= 15 is 0 Å². The molecule has 1 aliphatic rings. The van der Waals surface area contributed by atoms with Crippen LogP contribution in [0.15, 0.2) is 96.1 Å². The Kier molecular flexibility index (Phi) is 5.31. The zero-order valence-electron chi connectivity index (χ0n) is 18.1. The third kappa shape index (κ3) is 3.27. The fourth-order valence-corrected chi connectivity index (χ4v) is 8.11. The Hall–Kier alpha value is -2.46. The van der Waals surface area contributed by atoms with Crippen molar-refractivity contribution < 1.29 is 10.2 Å². The van der Waals surface area contributed by atoms with Gasteiger partial charge in [-0.1, -0.05) is 110 Å². The van der Waals surface area contributed by atoms with Crippen LogP contribution >= 0.6 is 0 Å². The predicted octanol–water partition coefficient (Wildman–Crippen LogP) is 5.89. The van der Waals surface area contributed by atoms with E-state index in [0.717, 1.165) is 22.3 Å². The first kappa shape index (κ1) is 20.8. The first-order valence-corrected chi connectivity index (χ1v) is 14.1. The monoisotopic (exact) mass is 414 g/mol. The second-order valence-corrected chi connectivity index (χ2v) is 14.6. The van der Waals surface area contributed by atoms with Gasteiger partial charge < -0.3 is 10.2 Å². The summed E-state index contributed by atoms with van der Waals surface area (Å²) in [6.07, 6.45) is -1.46. The highest BCUT2D eigenvalue weighted by molar-refractivity contribution is 6.81. The summed E-state index contributed by atoms with van der Waals surface area (Å²) in [4.78, 5) is 0. The van der Waals surface area contributed by atoms with Crippen molar-refractivity contribution in [3.05, 3.63) is 118 Å². The van der Waals surface area contributed by atoms with Crippen LogP contribution in [-0.4, -0.2) is 18.3 Å². The molecule has 154 valence electrons. The van der Waals surface area contributed by atoms with E-state index in [1.165, 1.54) is 11.1 Å². The van der Waals surface area contributed by atoms with Crippen molar-refractivity contribution in [1.29, 1.82) is 0 Å². The Morgan fingerprint density at radius 2 is 1.03 bits per heavy atom. The van der Waals surface area contributed by atoms with Crippen molar-refractivity contribution in [3.8, 4) is 0 Å². The summed E-state index contributed by atoms with van der Waals surface area (Å²) in [5.74, 6) is 0. The van der Waals surface area contributed by atoms with Crippen LogP contribution in [0.25, 0.3) is 0 Å². The molecule has 0 heterocycles. The third-order valence-corrected chi connectivity index (χ3v) is 9.50. The van der Waals surface area contributed by atoms with Gasteiger partial charge in [-0.05, 0) is 34.8 Å². The van der Waals surface area contributed by atoms with Crippen LogP contribution in [0.3, 0.4) is 0 Å². The highest BCUT2D eigenvalue weighted by Crippen LogP contribution is 2.67. The van der Waals surface area contributed by atoms with Gasteiger partial charge >= 0.3 is 0 Å². The Labute approximate surface area is 180 Å². The van der Waals surface area contributed by atoms with Gasteiger partial charge in [0.1, 0.15) is 12.2 Å². The highest BCUT2D eigenvalue weighted by atomic mass is 28.3. The smallest absolute Gasteiger partial charge is 0.101 e. The summed E-state index contributed by atoms with van der Waals surface area (Å²) in [5.41, 5.74) is 6.10. The average Bonchev–Trinajstić information content (AvgIpc) is 3.46. The number of benzene rings is 3. The number of hydrogen-bond acceptors (Lipinski definition) is 2. The van der Waals surface area contributed by atoms with Gasteiger partial charge in [0.05, 0.1) is 8.07 Å². The first-order valence-electron chi connectivity index (χ1n) is 10.6. The molecule has 0 saturated heterocycles. The van der Waals surface area contributed by atoms with Gasteiger partial charge in [0.25, 0.3) is 0 Å². The lowest BCUT2D eigenvalue weighted by Crippen LogP contribution is -2.43. The van der Waals surface area contributed by atoms with Crippen LogP contribution in [0.1, 0.15) is 34.5 Å². The van der Waals surface area contributed by atoms with Crippen molar-refractivity contribution in [2.75, 3.05) is 0 Å². The maximum absolute atomic E-state index is 11.5. The van der Waals surface area contributed by atoms with E-state index in [1.54, 1.807) is 0 Å². The van der Waals surface area contributed by atoms with Crippen molar-refractivity contribution >= 4 is 8.07 Å². The number of aryl methyl sites for hydroxylation is 1. The minimum absolute atomic E-state index is 0.370. The van der Waals surface area contributed by atoms with Gasteiger partial charge in [-0.25, -0.2) is 0 Å². The van der Waals surface area contributed by atoms with Crippen LogP contribution < -0.4 is 0 Å². The second kappa shape index (κ2) is 7.66. The molecule has 4 rings (SSSR count). The molecule has 2 nitrogen and oxygen atoms in total. The third-order valence-electron chi connectivity index (χ3n) is 6.42. The Morgan fingerprint density at radius 3 is 1.40 bits per heavy atom. The molecule has 1 aliphatic carbocycles. The molecule has 0 aliphatic heterocycles. The molecule has 2 unspecified atom stereocenters. The molecule has 0 spiro atoms. The van der Waals surface area contributed by atoms with E-state index in [0.29, 0.717) is 0 Å². The molecule has 30 heavy (non-hydrogen) atoms. The SMILES string of the molecule is Cc1ccc(C2([Si](C)(C)C)C(C(O)c3ccccc3)=C2C(O)c2ccccc2)cc1. The lowest BCUT2D eigenvalue weighted by Gasteiger charge is -2.35. The summed E-state index contributed by atoms with van der Waals surface area (Å²) in [6.45, 7) is 9.07. The number of aliphatic hydroxyl groups is 2. The molecular formula is C27H30O2Si. The molecule has 0 aromatic heterocycles. The van der Waals surface area contributed by atoms with E-state index in [2.05, 4.69) is 50.8 Å². The summed E-state index contributed by atoms with van der Waals surface area (Å²) < 4.78 is 0. The largest absolute Gasteiger partial charge is 0.384 e. The average molecular weight is 415 g/mol. The normalized spacial score (nSPS) is 20.7. The summed E-state index contributed by atoms with van der Waals surface area (Å²) in [7, 11) is -1.94. The molecule has 0 amide bonds. The molecule has 0 bridgehead atoms. The molecular weight excluding hydrogens is 384 g/mol. The fraction of sp³-hybridized carbons (Fsp3) is 0.259. The molecule has 0 saturated carbocycles. The second-order valence-electron chi connectivity index (χ2n) is 9.32. The van der Waals surface area contributed by atoms with Crippen molar-refractivity contribution in [2.24, 2.45) is 0 Å². The maximum atomic E-state index is 11.5. The number of rotatable bonds is 6. The molecule has 3 aromatic rings. The Balaban J connectivity index is 1.91. The van der Waals surface area contributed by atoms with Crippen LogP contribution in [0.4, 0.5) is 0 Å². The molecule has 2 N–H and O–H groups in total. The van der Waals surface area contributed by atoms with Crippen LogP contribution in [-0.2, 0) is 5.04 Å². The lowest BCUT2D eigenvalue weighted by atomic mass is 9.97. The summed E-state index contributed by atoms with van der Waals surface area (Å²) in [5, 5.41) is 22.6. The van der Waals surface area contributed by atoms with Gasteiger partial charge in [0, 0.05) is 5.04 Å².